The molecule has 0 N–H and O–H groups in total. The Morgan fingerprint density at radius 3 is 2.77 bits per heavy atom. The van der Waals surface area contributed by atoms with Gasteiger partial charge in [-0.3, -0.25) is 9.79 Å². The fraction of sp³-hybridized carbons (Fsp3) is 0.353. The van der Waals surface area contributed by atoms with Gasteiger partial charge in [-0.15, -0.1) is 0 Å². The van der Waals surface area contributed by atoms with Crippen molar-refractivity contribution in [3.8, 4) is 0 Å². The highest BCUT2D eigenvalue weighted by Crippen LogP contribution is 2.26. The Hall–Kier alpha value is -2.43. The quantitative estimate of drug-likeness (QED) is 0.795. The van der Waals surface area contributed by atoms with Gasteiger partial charge >= 0.3 is 5.97 Å². The molecule has 1 atom stereocenters. The Labute approximate surface area is 129 Å². The minimum atomic E-state index is -0.566. The summed E-state index contributed by atoms with van der Waals surface area (Å²) in [6.45, 7) is 2.89. The molecule has 5 nitrogen and oxygen atoms in total. The molecule has 1 aromatic rings. The van der Waals surface area contributed by atoms with Crippen LogP contribution in [-0.2, 0) is 27.3 Å². The van der Waals surface area contributed by atoms with E-state index in [-0.39, 0.29) is 11.9 Å². The molecule has 0 spiro atoms. The predicted octanol–water partition coefficient (Wildman–Crippen LogP) is 1.51. The zero-order valence-corrected chi connectivity index (χ0v) is 12.5. The van der Waals surface area contributed by atoms with Gasteiger partial charge in [0.05, 0.1) is 13.2 Å². The van der Waals surface area contributed by atoms with E-state index < -0.39 is 6.04 Å². The standard InChI is InChI=1S/C17H18N2O3/c1-2-22-17(21)15-9-12-5-3-4-6-14(12)11-19(15)16(20)13-7-8-18-10-13/h3-8,15H,2,9-11H2,1H3. The van der Waals surface area contributed by atoms with Gasteiger partial charge in [0.2, 0.25) is 0 Å². The van der Waals surface area contributed by atoms with Gasteiger partial charge in [-0.2, -0.15) is 0 Å². The lowest BCUT2D eigenvalue weighted by atomic mass is 9.93. The number of benzene rings is 1. The molecule has 0 fully saturated rings. The molecule has 2 aliphatic rings. The summed E-state index contributed by atoms with van der Waals surface area (Å²) >= 11 is 0. The van der Waals surface area contributed by atoms with Crippen molar-refractivity contribution in [2.24, 2.45) is 4.99 Å². The van der Waals surface area contributed by atoms with E-state index in [4.69, 9.17) is 4.74 Å². The predicted molar refractivity (Wildman–Crippen MR) is 82.6 cm³/mol. The Morgan fingerprint density at radius 2 is 2.09 bits per heavy atom. The van der Waals surface area contributed by atoms with E-state index in [9.17, 15) is 9.59 Å². The van der Waals surface area contributed by atoms with Crippen molar-refractivity contribution in [1.29, 1.82) is 0 Å². The van der Waals surface area contributed by atoms with Gasteiger partial charge in [0, 0.05) is 24.8 Å². The van der Waals surface area contributed by atoms with Crippen LogP contribution in [0.25, 0.3) is 0 Å². The molecule has 0 radical (unpaired) electrons. The van der Waals surface area contributed by atoms with Crippen LogP contribution in [0.1, 0.15) is 18.1 Å². The van der Waals surface area contributed by atoms with E-state index in [2.05, 4.69) is 4.99 Å². The second kappa shape index (κ2) is 6.13. The fourth-order valence-electron chi connectivity index (χ4n) is 2.86. The van der Waals surface area contributed by atoms with Crippen LogP contribution >= 0.6 is 0 Å². The highest BCUT2D eigenvalue weighted by molar-refractivity contribution is 6.01. The molecule has 2 heterocycles. The molecule has 0 aromatic heterocycles. The first-order valence-electron chi connectivity index (χ1n) is 7.44. The summed E-state index contributed by atoms with van der Waals surface area (Å²) in [5.41, 5.74) is 2.80. The Balaban J connectivity index is 1.90. The SMILES string of the molecule is CCOC(=O)C1Cc2ccccc2CN1C(=O)C1=CC=NC1. The number of nitrogens with zero attached hydrogens (tertiary/aromatic N) is 2. The molecule has 22 heavy (non-hydrogen) atoms. The van der Waals surface area contributed by atoms with Crippen molar-refractivity contribution >= 4 is 18.1 Å². The maximum atomic E-state index is 12.7. The average Bonchev–Trinajstić information content (AvgIpc) is 3.07. The van der Waals surface area contributed by atoms with Gasteiger partial charge in [-0.25, -0.2) is 4.79 Å². The molecule has 0 bridgehead atoms. The minimum Gasteiger partial charge on any atom is -0.464 e. The summed E-state index contributed by atoms with van der Waals surface area (Å²) in [6.07, 6.45) is 3.84. The number of hydrogen-bond donors (Lipinski definition) is 0. The number of esters is 1. The summed E-state index contributed by atoms with van der Waals surface area (Å²) in [6, 6.07) is 7.33. The molecule has 114 valence electrons. The van der Waals surface area contributed by atoms with E-state index in [0.717, 1.165) is 11.1 Å². The van der Waals surface area contributed by atoms with Gasteiger partial charge in [-0.1, -0.05) is 24.3 Å². The first-order valence-corrected chi connectivity index (χ1v) is 7.44. The first-order chi connectivity index (χ1) is 10.7. The van der Waals surface area contributed by atoms with Crippen LogP contribution < -0.4 is 0 Å². The molecule has 5 heteroatoms. The van der Waals surface area contributed by atoms with Gasteiger partial charge < -0.3 is 9.64 Å². The third-order valence-corrected chi connectivity index (χ3v) is 3.99. The molecule has 2 aliphatic heterocycles. The van der Waals surface area contributed by atoms with Crippen molar-refractivity contribution in [2.45, 2.75) is 25.9 Å². The van der Waals surface area contributed by atoms with E-state index in [1.54, 1.807) is 24.1 Å². The van der Waals surface area contributed by atoms with E-state index in [0.29, 0.717) is 31.7 Å². The van der Waals surface area contributed by atoms with Crippen LogP contribution in [0.15, 0.2) is 40.9 Å². The van der Waals surface area contributed by atoms with Crippen LogP contribution in [-0.4, -0.2) is 42.2 Å². The summed E-state index contributed by atoms with van der Waals surface area (Å²) in [5.74, 6) is -0.477. The van der Waals surface area contributed by atoms with Gasteiger partial charge in [0.25, 0.3) is 5.91 Å². The lowest BCUT2D eigenvalue weighted by molar-refractivity contribution is -0.154. The van der Waals surface area contributed by atoms with Gasteiger partial charge in [0.15, 0.2) is 0 Å². The highest BCUT2D eigenvalue weighted by Gasteiger charge is 2.36. The summed E-state index contributed by atoms with van der Waals surface area (Å²) in [7, 11) is 0. The minimum absolute atomic E-state index is 0.134. The van der Waals surface area contributed by atoms with Gasteiger partial charge in [0.1, 0.15) is 6.04 Å². The Morgan fingerprint density at radius 1 is 1.32 bits per heavy atom. The lowest BCUT2D eigenvalue weighted by Gasteiger charge is -2.35. The van der Waals surface area contributed by atoms with Crippen molar-refractivity contribution in [3.05, 3.63) is 47.0 Å². The summed E-state index contributed by atoms with van der Waals surface area (Å²) in [5, 5.41) is 0. The molecule has 0 saturated carbocycles. The third-order valence-electron chi connectivity index (χ3n) is 3.99. The number of carbonyl (C=O) groups excluding carboxylic acids is 2. The third kappa shape index (κ3) is 2.66. The van der Waals surface area contributed by atoms with Crippen LogP contribution in [0.2, 0.25) is 0 Å². The normalized spacial score (nSPS) is 19.6. The molecular weight excluding hydrogens is 280 g/mol. The van der Waals surface area contributed by atoms with E-state index in [1.165, 1.54) is 0 Å². The number of amides is 1. The number of allylic oxidation sites excluding steroid dienone is 1. The van der Waals surface area contributed by atoms with Crippen molar-refractivity contribution in [2.75, 3.05) is 13.2 Å². The van der Waals surface area contributed by atoms with Crippen molar-refractivity contribution in [1.82, 2.24) is 4.90 Å². The molecular formula is C17H18N2O3. The number of aliphatic imine (C=N–C) groups is 1. The van der Waals surface area contributed by atoms with Crippen molar-refractivity contribution in [3.63, 3.8) is 0 Å². The zero-order chi connectivity index (χ0) is 15.5. The second-order valence-corrected chi connectivity index (χ2v) is 5.36. The lowest BCUT2D eigenvalue weighted by Crippen LogP contribution is -2.50. The molecule has 1 amide bonds. The second-order valence-electron chi connectivity index (χ2n) is 5.36. The number of carbonyl (C=O) groups is 2. The summed E-state index contributed by atoms with van der Waals surface area (Å²) < 4.78 is 5.16. The smallest absolute Gasteiger partial charge is 0.329 e. The first kappa shape index (κ1) is 14.5. The monoisotopic (exact) mass is 298 g/mol. The number of rotatable bonds is 3. The zero-order valence-electron chi connectivity index (χ0n) is 12.5. The topological polar surface area (TPSA) is 59.0 Å². The molecule has 0 aliphatic carbocycles. The van der Waals surface area contributed by atoms with Crippen LogP contribution in [0.4, 0.5) is 0 Å². The van der Waals surface area contributed by atoms with Crippen LogP contribution in [0, 0.1) is 0 Å². The van der Waals surface area contributed by atoms with Crippen LogP contribution in [0.5, 0.6) is 0 Å². The van der Waals surface area contributed by atoms with Crippen LogP contribution in [0.3, 0.4) is 0 Å². The van der Waals surface area contributed by atoms with Crippen molar-refractivity contribution < 1.29 is 14.3 Å². The largest absolute Gasteiger partial charge is 0.464 e. The average molecular weight is 298 g/mol. The fourth-order valence-corrected chi connectivity index (χ4v) is 2.86. The molecule has 3 rings (SSSR count). The van der Waals surface area contributed by atoms with E-state index >= 15 is 0 Å². The highest BCUT2D eigenvalue weighted by atomic mass is 16.5. The molecule has 0 saturated heterocycles. The Bertz CT molecular complexity index is 664. The Kier molecular flexibility index (Phi) is 4.04. The molecule has 1 aromatic carbocycles. The number of fused-ring (bicyclic) bond motifs is 1. The van der Waals surface area contributed by atoms with E-state index in [1.807, 2.05) is 24.3 Å². The maximum Gasteiger partial charge on any atom is 0.329 e. The maximum absolute atomic E-state index is 12.7. The molecule has 1 unspecified atom stereocenters. The van der Waals surface area contributed by atoms with Gasteiger partial charge in [-0.05, 0) is 24.1 Å². The number of hydrogen-bond acceptors (Lipinski definition) is 4. The number of ether oxygens (including phenoxy) is 1. The summed E-state index contributed by atoms with van der Waals surface area (Å²) in [4.78, 5) is 30.6.